The molecule has 0 unspecified atom stereocenters. The summed E-state index contributed by atoms with van der Waals surface area (Å²) in [7, 11) is 0. The van der Waals surface area contributed by atoms with Gasteiger partial charge in [-0.3, -0.25) is 9.36 Å². The van der Waals surface area contributed by atoms with E-state index in [1.54, 1.807) is 28.8 Å². The number of nitrogens with zero attached hydrogens (tertiary/aromatic N) is 3. The predicted octanol–water partition coefficient (Wildman–Crippen LogP) is 4.58. The molecule has 4 rings (SSSR count). The van der Waals surface area contributed by atoms with E-state index in [4.69, 9.17) is 10.5 Å². The van der Waals surface area contributed by atoms with Crippen LogP contribution in [0.25, 0.3) is 0 Å². The number of nitrogen functional groups attached to an aromatic ring is 1. The topological polar surface area (TPSA) is 95.1 Å². The minimum atomic E-state index is -0.218. The molecule has 1 aromatic heterocycles. The van der Waals surface area contributed by atoms with Gasteiger partial charge in [0.2, 0.25) is 11.9 Å². The molecule has 0 saturated carbocycles. The molecule has 3 N–H and O–H groups in total. The number of rotatable bonds is 8. The highest BCUT2D eigenvalue weighted by atomic mass is 32.2. The highest BCUT2D eigenvalue weighted by molar-refractivity contribution is 7.98. The number of nitrogens with two attached hydrogens (primary N) is 1. The number of benzene rings is 3. The summed E-state index contributed by atoms with van der Waals surface area (Å²) in [5, 5.41) is 11.5. The second kappa shape index (κ2) is 9.82. The van der Waals surface area contributed by atoms with Gasteiger partial charge >= 0.3 is 0 Å². The Morgan fingerprint density at radius 1 is 0.903 bits per heavy atom. The third kappa shape index (κ3) is 5.64. The smallest absolute Gasteiger partial charge is 0.244 e. The molecule has 156 valence electrons. The Bertz CT molecular complexity index is 1130. The van der Waals surface area contributed by atoms with Gasteiger partial charge < -0.3 is 15.8 Å². The largest absolute Gasteiger partial charge is 0.457 e. The number of anilines is 2. The number of hydrogen-bond acceptors (Lipinski definition) is 6. The van der Waals surface area contributed by atoms with E-state index >= 15 is 0 Å². The third-order valence-corrected chi connectivity index (χ3v) is 5.41. The Morgan fingerprint density at radius 2 is 1.55 bits per heavy atom. The first-order chi connectivity index (χ1) is 15.2. The van der Waals surface area contributed by atoms with Gasteiger partial charge in [-0.2, -0.15) is 0 Å². The van der Waals surface area contributed by atoms with Crippen molar-refractivity contribution in [1.82, 2.24) is 14.8 Å². The number of carbonyl (C=O) groups is 1. The fourth-order valence-electron chi connectivity index (χ4n) is 2.85. The zero-order valence-electron chi connectivity index (χ0n) is 16.6. The van der Waals surface area contributed by atoms with Crippen molar-refractivity contribution in [2.75, 3.05) is 11.1 Å². The first kappa shape index (κ1) is 20.5. The lowest BCUT2D eigenvalue weighted by Crippen LogP contribution is -2.20. The van der Waals surface area contributed by atoms with E-state index in [1.807, 2.05) is 60.7 Å². The lowest BCUT2D eigenvalue weighted by atomic mass is 10.2. The number of ether oxygens (including phenoxy) is 1. The molecule has 4 aromatic rings. The second-order valence-corrected chi connectivity index (χ2v) is 7.63. The Labute approximate surface area is 184 Å². The van der Waals surface area contributed by atoms with Crippen LogP contribution in [0.5, 0.6) is 11.5 Å². The van der Waals surface area contributed by atoms with E-state index in [1.165, 1.54) is 11.8 Å². The summed E-state index contributed by atoms with van der Waals surface area (Å²) < 4.78 is 7.37. The van der Waals surface area contributed by atoms with Gasteiger partial charge in [-0.15, -0.1) is 10.2 Å². The molecule has 0 aliphatic rings. The van der Waals surface area contributed by atoms with Crippen LogP contribution in [0.1, 0.15) is 5.56 Å². The molecule has 0 atom stereocenters. The molecule has 0 bridgehead atoms. The number of nitrogens with one attached hydrogen (secondary N) is 1. The van der Waals surface area contributed by atoms with Crippen LogP contribution in [-0.4, -0.2) is 20.7 Å². The van der Waals surface area contributed by atoms with Gasteiger partial charge in [0.25, 0.3) is 0 Å². The molecule has 0 spiro atoms. The van der Waals surface area contributed by atoms with Gasteiger partial charge in [0, 0.05) is 11.4 Å². The number of hydrogen-bond donors (Lipinski definition) is 2. The quantitative estimate of drug-likeness (QED) is 0.397. The minimum Gasteiger partial charge on any atom is -0.457 e. The first-order valence-electron chi connectivity index (χ1n) is 9.65. The van der Waals surface area contributed by atoms with E-state index in [0.29, 0.717) is 22.3 Å². The summed E-state index contributed by atoms with van der Waals surface area (Å²) in [6.45, 7) is 0.0260. The van der Waals surface area contributed by atoms with Gasteiger partial charge in [0.05, 0.1) is 0 Å². The Hall–Kier alpha value is -3.78. The standard InChI is InChI=1S/C23H21N5O2S/c24-22-26-27-23(31-16-17-7-3-1-4-8-17)28(22)15-21(29)25-18-11-13-20(14-12-18)30-19-9-5-2-6-10-19/h1-14H,15-16H2,(H2,24,26)(H,25,29). The number of carbonyl (C=O) groups excluding carboxylic acids is 1. The monoisotopic (exact) mass is 431 g/mol. The zero-order valence-corrected chi connectivity index (χ0v) is 17.5. The van der Waals surface area contributed by atoms with Gasteiger partial charge in [0.15, 0.2) is 5.16 Å². The number of para-hydroxylation sites is 1. The number of amides is 1. The summed E-state index contributed by atoms with van der Waals surface area (Å²) in [6, 6.07) is 26.7. The van der Waals surface area contributed by atoms with Crippen molar-refractivity contribution >= 4 is 29.3 Å². The van der Waals surface area contributed by atoms with Crippen LogP contribution in [-0.2, 0) is 17.1 Å². The predicted molar refractivity (Wildman–Crippen MR) is 122 cm³/mol. The van der Waals surface area contributed by atoms with Crippen molar-refractivity contribution in [3.05, 3.63) is 90.5 Å². The summed E-state index contributed by atoms with van der Waals surface area (Å²) in [5.41, 5.74) is 7.74. The van der Waals surface area contributed by atoms with E-state index in [-0.39, 0.29) is 18.4 Å². The van der Waals surface area contributed by atoms with E-state index in [2.05, 4.69) is 15.5 Å². The lowest BCUT2D eigenvalue weighted by Gasteiger charge is -2.10. The summed E-state index contributed by atoms with van der Waals surface area (Å²) >= 11 is 1.48. The van der Waals surface area contributed by atoms with Gasteiger partial charge in [-0.1, -0.05) is 60.3 Å². The van der Waals surface area contributed by atoms with Gasteiger partial charge in [-0.05, 0) is 42.0 Å². The van der Waals surface area contributed by atoms with E-state index in [0.717, 1.165) is 11.3 Å². The van der Waals surface area contributed by atoms with Crippen LogP contribution in [0.3, 0.4) is 0 Å². The van der Waals surface area contributed by atoms with Gasteiger partial charge in [-0.25, -0.2) is 0 Å². The van der Waals surface area contributed by atoms with Crippen molar-refractivity contribution in [2.24, 2.45) is 0 Å². The SMILES string of the molecule is Nc1nnc(SCc2ccccc2)n1CC(=O)Nc1ccc(Oc2ccccc2)cc1. The van der Waals surface area contributed by atoms with E-state index in [9.17, 15) is 4.79 Å². The Kier molecular flexibility index (Phi) is 6.49. The Balaban J connectivity index is 1.35. The molecule has 0 saturated heterocycles. The molecule has 7 nitrogen and oxygen atoms in total. The summed E-state index contributed by atoms with van der Waals surface area (Å²) in [5.74, 6) is 2.14. The highest BCUT2D eigenvalue weighted by Gasteiger charge is 2.14. The normalized spacial score (nSPS) is 10.6. The molecule has 31 heavy (non-hydrogen) atoms. The van der Waals surface area contributed by atoms with Crippen molar-refractivity contribution in [3.63, 3.8) is 0 Å². The maximum atomic E-state index is 12.6. The minimum absolute atomic E-state index is 0.0260. The van der Waals surface area contributed by atoms with Crippen LogP contribution in [0.2, 0.25) is 0 Å². The molecule has 0 fully saturated rings. The average Bonchev–Trinajstić information content (AvgIpc) is 3.14. The second-order valence-electron chi connectivity index (χ2n) is 6.69. The van der Waals surface area contributed by atoms with Gasteiger partial charge in [0.1, 0.15) is 18.0 Å². The van der Waals surface area contributed by atoms with Crippen LogP contribution in [0.15, 0.2) is 90.1 Å². The first-order valence-corrected chi connectivity index (χ1v) is 10.6. The fourth-order valence-corrected chi connectivity index (χ4v) is 3.75. The number of thioether (sulfide) groups is 1. The molecule has 0 aliphatic heterocycles. The summed E-state index contributed by atoms with van der Waals surface area (Å²) in [6.07, 6.45) is 0. The Morgan fingerprint density at radius 3 is 2.26 bits per heavy atom. The molecule has 1 heterocycles. The maximum absolute atomic E-state index is 12.6. The van der Waals surface area contributed by atoms with Crippen molar-refractivity contribution in [3.8, 4) is 11.5 Å². The van der Waals surface area contributed by atoms with Crippen LogP contribution < -0.4 is 15.8 Å². The molecular weight excluding hydrogens is 410 g/mol. The van der Waals surface area contributed by atoms with Crippen LogP contribution in [0, 0.1) is 0 Å². The average molecular weight is 432 g/mol. The van der Waals surface area contributed by atoms with Crippen molar-refractivity contribution in [2.45, 2.75) is 17.5 Å². The third-order valence-electron chi connectivity index (χ3n) is 4.37. The van der Waals surface area contributed by atoms with Crippen molar-refractivity contribution < 1.29 is 9.53 Å². The summed E-state index contributed by atoms with van der Waals surface area (Å²) in [4.78, 5) is 12.6. The van der Waals surface area contributed by atoms with Crippen LogP contribution >= 0.6 is 11.8 Å². The molecule has 3 aromatic carbocycles. The molecule has 1 amide bonds. The van der Waals surface area contributed by atoms with Crippen LogP contribution in [0.4, 0.5) is 11.6 Å². The highest BCUT2D eigenvalue weighted by Crippen LogP contribution is 2.24. The lowest BCUT2D eigenvalue weighted by molar-refractivity contribution is -0.116. The van der Waals surface area contributed by atoms with Crippen molar-refractivity contribution in [1.29, 1.82) is 0 Å². The van der Waals surface area contributed by atoms with E-state index < -0.39 is 0 Å². The molecular formula is C23H21N5O2S. The molecule has 0 aliphatic carbocycles. The maximum Gasteiger partial charge on any atom is 0.244 e. The zero-order chi connectivity index (χ0) is 21.5. The fraction of sp³-hybridized carbons (Fsp3) is 0.0870. The molecule has 8 heteroatoms. The number of aromatic nitrogens is 3. The molecule has 0 radical (unpaired) electrons.